The topological polar surface area (TPSA) is 21.3 Å². The second-order valence-corrected chi connectivity index (χ2v) is 6.21. The van der Waals surface area contributed by atoms with E-state index in [4.69, 9.17) is 4.74 Å². The van der Waals surface area contributed by atoms with Gasteiger partial charge in [-0.3, -0.25) is 0 Å². The van der Waals surface area contributed by atoms with Crippen LogP contribution in [0, 0.1) is 5.92 Å². The Morgan fingerprint density at radius 1 is 1.42 bits per heavy atom. The van der Waals surface area contributed by atoms with Gasteiger partial charge in [0.05, 0.1) is 6.61 Å². The van der Waals surface area contributed by atoms with Crippen molar-refractivity contribution in [3.05, 3.63) is 29.8 Å². The summed E-state index contributed by atoms with van der Waals surface area (Å²) in [5.74, 6) is 4.34. The molecule has 0 bridgehead atoms. The van der Waals surface area contributed by atoms with Gasteiger partial charge >= 0.3 is 0 Å². The predicted octanol–water partition coefficient (Wildman–Crippen LogP) is 3.88. The van der Waals surface area contributed by atoms with Gasteiger partial charge in [-0.1, -0.05) is 19.1 Å². The first-order valence-electron chi connectivity index (χ1n) is 7.39. The van der Waals surface area contributed by atoms with Crippen LogP contribution in [0.2, 0.25) is 0 Å². The summed E-state index contributed by atoms with van der Waals surface area (Å²) in [4.78, 5) is 0. The molecule has 0 aliphatic carbocycles. The largest absolute Gasteiger partial charge is 0.494 e. The second-order valence-electron chi connectivity index (χ2n) is 5.06. The van der Waals surface area contributed by atoms with E-state index in [0.717, 1.165) is 24.8 Å². The van der Waals surface area contributed by atoms with E-state index < -0.39 is 0 Å². The molecule has 1 aliphatic heterocycles. The number of nitrogens with one attached hydrogen (secondary N) is 1. The average Bonchev–Trinajstić information content (AvgIpc) is 2.94. The molecule has 1 aliphatic rings. The molecule has 19 heavy (non-hydrogen) atoms. The Labute approximate surface area is 121 Å². The zero-order chi connectivity index (χ0) is 13.5. The van der Waals surface area contributed by atoms with E-state index in [1.807, 2.05) is 13.0 Å². The lowest BCUT2D eigenvalue weighted by molar-refractivity contribution is 0.337. The quantitative estimate of drug-likeness (QED) is 0.818. The minimum Gasteiger partial charge on any atom is -0.494 e. The molecule has 1 saturated heterocycles. The van der Waals surface area contributed by atoms with E-state index >= 15 is 0 Å². The van der Waals surface area contributed by atoms with Crippen LogP contribution in [0.4, 0.5) is 0 Å². The molecule has 1 aromatic rings. The fraction of sp³-hybridized carbons (Fsp3) is 0.625. The third kappa shape index (κ3) is 4.15. The highest BCUT2D eigenvalue weighted by molar-refractivity contribution is 7.99. The fourth-order valence-electron chi connectivity index (χ4n) is 2.64. The van der Waals surface area contributed by atoms with Gasteiger partial charge in [0.2, 0.25) is 0 Å². The van der Waals surface area contributed by atoms with E-state index in [2.05, 4.69) is 42.2 Å². The van der Waals surface area contributed by atoms with Crippen molar-refractivity contribution in [2.45, 2.75) is 32.7 Å². The minimum atomic E-state index is 0.482. The minimum absolute atomic E-state index is 0.482. The number of hydrogen-bond acceptors (Lipinski definition) is 3. The van der Waals surface area contributed by atoms with Crippen molar-refractivity contribution in [3.63, 3.8) is 0 Å². The standard InChI is InChI=1S/C16H25NOS/c1-3-9-17-16(14-8-10-19-12-14)13-6-5-7-15(11-13)18-4-2/h5-7,11,14,16-17H,3-4,8-10,12H2,1-2H3. The van der Waals surface area contributed by atoms with Gasteiger partial charge in [-0.2, -0.15) is 11.8 Å². The Kier molecular flexibility index (Phi) is 6.05. The molecule has 1 fully saturated rings. The summed E-state index contributed by atoms with van der Waals surface area (Å²) < 4.78 is 5.63. The van der Waals surface area contributed by atoms with Crippen molar-refractivity contribution < 1.29 is 4.74 Å². The van der Waals surface area contributed by atoms with Gasteiger partial charge in [-0.05, 0) is 61.4 Å². The molecule has 0 spiro atoms. The van der Waals surface area contributed by atoms with Gasteiger partial charge < -0.3 is 10.1 Å². The molecule has 2 atom stereocenters. The molecule has 2 nitrogen and oxygen atoms in total. The van der Waals surface area contributed by atoms with Gasteiger partial charge in [-0.15, -0.1) is 0 Å². The number of rotatable bonds is 7. The second kappa shape index (κ2) is 7.81. The Morgan fingerprint density at radius 3 is 3.00 bits per heavy atom. The molecule has 106 valence electrons. The van der Waals surface area contributed by atoms with Crippen molar-refractivity contribution in [1.82, 2.24) is 5.32 Å². The van der Waals surface area contributed by atoms with Crippen LogP contribution in [0.3, 0.4) is 0 Å². The van der Waals surface area contributed by atoms with Crippen LogP contribution in [0.25, 0.3) is 0 Å². The predicted molar refractivity (Wildman–Crippen MR) is 84.1 cm³/mol. The van der Waals surface area contributed by atoms with E-state index in [1.54, 1.807) is 0 Å². The van der Waals surface area contributed by atoms with E-state index in [-0.39, 0.29) is 0 Å². The zero-order valence-corrected chi connectivity index (χ0v) is 12.8. The molecule has 0 saturated carbocycles. The number of thioether (sulfide) groups is 1. The Hall–Kier alpha value is -0.670. The van der Waals surface area contributed by atoms with E-state index in [0.29, 0.717) is 6.04 Å². The lowest BCUT2D eigenvalue weighted by atomic mass is 9.92. The van der Waals surface area contributed by atoms with Crippen molar-refractivity contribution in [3.8, 4) is 5.75 Å². The van der Waals surface area contributed by atoms with Gasteiger partial charge in [-0.25, -0.2) is 0 Å². The third-order valence-corrected chi connectivity index (χ3v) is 4.77. The maximum absolute atomic E-state index is 5.63. The van der Waals surface area contributed by atoms with E-state index in [9.17, 15) is 0 Å². The Bertz CT molecular complexity index is 377. The highest BCUT2D eigenvalue weighted by Gasteiger charge is 2.26. The third-order valence-electron chi connectivity index (χ3n) is 3.58. The van der Waals surface area contributed by atoms with Gasteiger partial charge in [0.25, 0.3) is 0 Å². The number of ether oxygens (including phenoxy) is 1. The molecule has 1 aromatic carbocycles. The molecular formula is C16H25NOS. The summed E-state index contributed by atoms with van der Waals surface area (Å²) in [6.45, 7) is 6.08. The maximum Gasteiger partial charge on any atom is 0.119 e. The molecule has 2 rings (SSSR count). The summed E-state index contributed by atoms with van der Waals surface area (Å²) in [5.41, 5.74) is 1.38. The Balaban J connectivity index is 2.13. The highest BCUT2D eigenvalue weighted by Crippen LogP contribution is 2.35. The number of hydrogen-bond donors (Lipinski definition) is 1. The van der Waals surface area contributed by atoms with Gasteiger partial charge in [0, 0.05) is 6.04 Å². The first kappa shape index (κ1) is 14.7. The molecule has 3 heteroatoms. The van der Waals surface area contributed by atoms with Crippen LogP contribution in [-0.2, 0) is 0 Å². The summed E-state index contributed by atoms with van der Waals surface area (Å²) in [5, 5.41) is 3.73. The molecule has 0 amide bonds. The van der Waals surface area contributed by atoms with Gasteiger partial charge in [0.15, 0.2) is 0 Å². The fourth-order valence-corrected chi connectivity index (χ4v) is 3.93. The molecule has 0 radical (unpaired) electrons. The van der Waals surface area contributed by atoms with Crippen molar-refractivity contribution in [2.75, 3.05) is 24.7 Å². The maximum atomic E-state index is 5.63. The van der Waals surface area contributed by atoms with Crippen LogP contribution in [0.5, 0.6) is 5.75 Å². The molecular weight excluding hydrogens is 254 g/mol. The average molecular weight is 279 g/mol. The van der Waals surface area contributed by atoms with Crippen LogP contribution in [0.1, 0.15) is 38.3 Å². The monoisotopic (exact) mass is 279 g/mol. The summed E-state index contributed by atoms with van der Waals surface area (Å²) in [7, 11) is 0. The van der Waals surface area contributed by atoms with Gasteiger partial charge in [0.1, 0.15) is 5.75 Å². The SMILES string of the molecule is CCCNC(c1cccc(OCC)c1)C1CCSC1. The van der Waals surface area contributed by atoms with Crippen LogP contribution >= 0.6 is 11.8 Å². The lowest BCUT2D eigenvalue weighted by Gasteiger charge is -2.25. The van der Waals surface area contributed by atoms with Crippen molar-refractivity contribution >= 4 is 11.8 Å². The van der Waals surface area contributed by atoms with Crippen LogP contribution in [-0.4, -0.2) is 24.7 Å². The summed E-state index contributed by atoms with van der Waals surface area (Å²) in [6.07, 6.45) is 2.51. The molecule has 1 N–H and O–H groups in total. The van der Waals surface area contributed by atoms with Crippen LogP contribution < -0.4 is 10.1 Å². The summed E-state index contributed by atoms with van der Waals surface area (Å²) >= 11 is 2.08. The molecule has 1 heterocycles. The number of benzene rings is 1. The van der Waals surface area contributed by atoms with Crippen molar-refractivity contribution in [2.24, 2.45) is 5.92 Å². The normalized spacial score (nSPS) is 20.4. The Morgan fingerprint density at radius 2 is 2.32 bits per heavy atom. The molecule has 2 unspecified atom stereocenters. The van der Waals surface area contributed by atoms with Crippen LogP contribution in [0.15, 0.2) is 24.3 Å². The lowest BCUT2D eigenvalue weighted by Crippen LogP contribution is -2.29. The van der Waals surface area contributed by atoms with Crippen molar-refractivity contribution in [1.29, 1.82) is 0 Å². The smallest absolute Gasteiger partial charge is 0.119 e. The highest BCUT2D eigenvalue weighted by atomic mass is 32.2. The van der Waals surface area contributed by atoms with E-state index in [1.165, 1.54) is 29.9 Å². The molecule has 0 aromatic heterocycles. The first-order valence-corrected chi connectivity index (χ1v) is 8.54. The zero-order valence-electron chi connectivity index (χ0n) is 12.0. The first-order chi connectivity index (χ1) is 9.35. The summed E-state index contributed by atoms with van der Waals surface area (Å²) in [6, 6.07) is 9.09.